The van der Waals surface area contributed by atoms with Crippen molar-refractivity contribution in [3.05, 3.63) is 46.5 Å². The van der Waals surface area contributed by atoms with E-state index in [1.54, 1.807) is 19.1 Å². The van der Waals surface area contributed by atoms with Crippen LogP contribution in [0, 0.1) is 6.92 Å². The van der Waals surface area contributed by atoms with E-state index in [4.69, 9.17) is 21.1 Å². The Hall–Kier alpha value is -2.49. The van der Waals surface area contributed by atoms with Gasteiger partial charge in [-0.05, 0) is 50.6 Å². The van der Waals surface area contributed by atoms with Crippen LogP contribution in [0.25, 0.3) is 0 Å². The van der Waals surface area contributed by atoms with E-state index >= 15 is 0 Å². The highest BCUT2D eigenvalue weighted by atomic mass is 35.5. The molecule has 0 saturated heterocycles. The molecule has 0 spiro atoms. The van der Waals surface area contributed by atoms with E-state index in [1.165, 1.54) is 45.3 Å². The molecule has 32 heavy (non-hydrogen) atoms. The predicted molar refractivity (Wildman–Crippen MR) is 125 cm³/mol. The molecule has 0 radical (unpaired) electrons. The Bertz CT molecular complexity index is 1100. The van der Waals surface area contributed by atoms with Gasteiger partial charge >= 0.3 is 0 Å². The van der Waals surface area contributed by atoms with Crippen LogP contribution in [0.4, 0.5) is 5.69 Å². The number of hydrogen-bond donors (Lipinski definition) is 2. The van der Waals surface area contributed by atoms with Crippen LogP contribution in [0.2, 0.25) is 5.02 Å². The molecule has 2 aromatic carbocycles. The molecule has 1 amide bonds. The van der Waals surface area contributed by atoms with Crippen molar-refractivity contribution in [2.45, 2.75) is 30.7 Å². The summed E-state index contributed by atoms with van der Waals surface area (Å²) >= 11 is 6.15. The second kappa shape index (κ2) is 9.97. The first kappa shape index (κ1) is 24.2. The Labute approximate surface area is 193 Å². The summed E-state index contributed by atoms with van der Waals surface area (Å²) < 4.78 is 39.2. The number of likely N-dealkylation sites (N-methyl/N-ethyl adjacent to an activating group) is 1. The van der Waals surface area contributed by atoms with E-state index in [2.05, 4.69) is 14.9 Å². The maximum atomic E-state index is 13.1. The lowest BCUT2D eigenvalue weighted by Gasteiger charge is -2.17. The lowest BCUT2D eigenvalue weighted by Crippen LogP contribution is -2.34. The molecule has 0 aromatic heterocycles. The SMILES string of the molecule is COc1cc(OC)c(NS(=O)(=O)c2cc(C(=O)NCCN(C)C3CC3)ccc2C)cc1Cl. The van der Waals surface area contributed by atoms with Gasteiger partial charge in [0.1, 0.15) is 11.5 Å². The van der Waals surface area contributed by atoms with Gasteiger partial charge in [-0.2, -0.15) is 0 Å². The van der Waals surface area contributed by atoms with Crippen LogP contribution in [-0.4, -0.2) is 59.6 Å². The zero-order chi connectivity index (χ0) is 23.5. The fourth-order valence-corrected chi connectivity index (χ4v) is 4.89. The van der Waals surface area contributed by atoms with Gasteiger partial charge in [-0.25, -0.2) is 8.42 Å². The molecular formula is C22H28ClN3O5S. The van der Waals surface area contributed by atoms with E-state index in [9.17, 15) is 13.2 Å². The number of hydrogen-bond acceptors (Lipinski definition) is 6. The maximum absolute atomic E-state index is 13.1. The highest BCUT2D eigenvalue weighted by Gasteiger charge is 2.26. The maximum Gasteiger partial charge on any atom is 0.262 e. The van der Waals surface area contributed by atoms with E-state index < -0.39 is 10.0 Å². The minimum Gasteiger partial charge on any atom is -0.495 e. The van der Waals surface area contributed by atoms with Gasteiger partial charge in [0.15, 0.2) is 0 Å². The van der Waals surface area contributed by atoms with Gasteiger partial charge in [-0.3, -0.25) is 9.52 Å². The number of nitrogens with zero attached hydrogens (tertiary/aromatic N) is 1. The molecule has 2 aromatic rings. The van der Waals surface area contributed by atoms with Gasteiger partial charge < -0.3 is 19.7 Å². The molecular weight excluding hydrogens is 454 g/mol. The molecule has 0 unspecified atom stereocenters. The molecule has 0 aliphatic heterocycles. The van der Waals surface area contributed by atoms with Crippen molar-refractivity contribution in [2.75, 3.05) is 39.1 Å². The molecule has 2 N–H and O–H groups in total. The fourth-order valence-electron chi connectivity index (χ4n) is 3.32. The number of ether oxygens (including phenoxy) is 2. The Morgan fingerprint density at radius 3 is 2.47 bits per heavy atom. The van der Waals surface area contributed by atoms with Crippen molar-refractivity contribution in [1.29, 1.82) is 0 Å². The standard InChI is InChI=1S/C22H28ClN3O5S/c1-14-5-6-15(22(27)24-9-10-26(2)16-7-8-16)11-21(14)32(28,29)25-18-12-17(23)19(30-3)13-20(18)31-4/h5-6,11-13,16,25H,7-10H2,1-4H3,(H,24,27). The second-order valence-electron chi connectivity index (χ2n) is 7.74. The summed E-state index contributed by atoms with van der Waals surface area (Å²) in [6.07, 6.45) is 2.39. The van der Waals surface area contributed by atoms with Crippen LogP contribution in [0.3, 0.4) is 0 Å². The van der Waals surface area contributed by atoms with Crippen LogP contribution in [0.1, 0.15) is 28.8 Å². The molecule has 0 bridgehead atoms. The number of nitrogens with one attached hydrogen (secondary N) is 2. The molecule has 174 valence electrons. The van der Waals surface area contributed by atoms with Crippen LogP contribution in [-0.2, 0) is 10.0 Å². The Morgan fingerprint density at radius 1 is 1.16 bits per heavy atom. The molecule has 10 heteroatoms. The third kappa shape index (κ3) is 5.65. The molecule has 1 aliphatic carbocycles. The van der Waals surface area contributed by atoms with Gasteiger partial charge in [-0.15, -0.1) is 0 Å². The summed E-state index contributed by atoms with van der Waals surface area (Å²) in [6.45, 7) is 2.90. The van der Waals surface area contributed by atoms with Gasteiger partial charge in [0, 0.05) is 30.8 Å². The smallest absolute Gasteiger partial charge is 0.262 e. The van der Waals surface area contributed by atoms with Crippen molar-refractivity contribution in [3.8, 4) is 11.5 Å². The van der Waals surface area contributed by atoms with Crippen molar-refractivity contribution >= 4 is 33.2 Å². The minimum atomic E-state index is -4.02. The predicted octanol–water partition coefficient (Wildman–Crippen LogP) is 3.29. The zero-order valence-electron chi connectivity index (χ0n) is 18.6. The first-order valence-electron chi connectivity index (χ1n) is 10.2. The van der Waals surface area contributed by atoms with E-state index in [0.717, 1.165) is 6.54 Å². The number of aryl methyl sites for hydroxylation is 1. The molecule has 0 heterocycles. The molecule has 0 atom stereocenters. The summed E-state index contributed by atoms with van der Waals surface area (Å²) in [6, 6.07) is 8.11. The quantitative estimate of drug-likeness (QED) is 0.540. The van der Waals surface area contributed by atoms with Crippen LogP contribution in [0.5, 0.6) is 11.5 Å². The first-order chi connectivity index (χ1) is 15.2. The Balaban J connectivity index is 1.79. The Kier molecular flexibility index (Phi) is 7.53. The molecule has 8 nitrogen and oxygen atoms in total. The number of carbonyl (C=O) groups excluding carboxylic acids is 1. The molecule has 1 fully saturated rings. The minimum absolute atomic E-state index is 0.00533. The van der Waals surface area contributed by atoms with Crippen LogP contribution < -0.4 is 19.5 Å². The number of carbonyl (C=O) groups is 1. The number of rotatable bonds is 10. The van der Waals surface area contributed by atoms with Crippen LogP contribution in [0.15, 0.2) is 35.2 Å². The first-order valence-corrected chi connectivity index (χ1v) is 12.1. The third-order valence-electron chi connectivity index (χ3n) is 5.38. The van der Waals surface area contributed by atoms with Gasteiger partial charge in [0.2, 0.25) is 0 Å². The van der Waals surface area contributed by atoms with E-state index in [1.807, 2.05) is 7.05 Å². The lowest BCUT2D eigenvalue weighted by atomic mass is 10.1. The van der Waals surface area contributed by atoms with Gasteiger partial charge in [0.05, 0.1) is 29.8 Å². The van der Waals surface area contributed by atoms with Gasteiger partial charge in [0.25, 0.3) is 15.9 Å². The van der Waals surface area contributed by atoms with Crippen LogP contribution >= 0.6 is 11.6 Å². The summed E-state index contributed by atoms with van der Waals surface area (Å²) in [7, 11) is 0.877. The van der Waals surface area contributed by atoms with E-state index in [-0.39, 0.29) is 32.8 Å². The van der Waals surface area contributed by atoms with E-state index in [0.29, 0.717) is 23.9 Å². The molecule has 1 saturated carbocycles. The second-order valence-corrected chi connectivity index (χ2v) is 9.80. The third-order valence-corrected chi connectivity index (χ3v) is 7.18. The van der Waals surface area contributed by atoms with Gasteiger partial charge in [-0.1, -0.05) is 17.7 Å². The summed E-state index contributed by atoms with van der Waals surface area (Å²) in [4.78, 5) is 14.8. The molecule has 3 rings (SSSR count). The van der Waals surface area contributed by atoms with Crippen molar-refractivity contribution < 1.29 is 22.7 Å². The normalized spacial score (nSPS) is 13.7. The fraction of sp³-hybridized carbons (Fsp3) is 0.409. The number of halogens is 1. The summed E-state index contributed by atoms with van der Waals surface area (Å²) in [5.41, 5.74) is 0.932. The number of methoxy groups -OCH3 is 2. The topological polar surface area (TPSA) is 97.0 Å². The van der Waals surface area contributed by atoms with Crippen molar-refractivity contribution in [2.24, 2.45) is 0 Å². The number of sulfonamides is 1. The average molecular weight is 482 g/mol. The highest BCUT2D eigenvalue weighted by molar-refractivity contribution is 7.92. The van der Waals surface area contributed by atoms with Crippen molar-refractivity contribution in [3.63, 3.8) is 0 Å². The Morgan fingerprint density at radius 2 is 1.84 bits per heavy atom. The molecule has 1 aliphatic rings. The largest absolute Gasteiger partial charge is 0.495 e. The monoisotopic (exact) mass is 481 g/mol. The average Bonchev–Trinajstić information content (AvgIpc) is 3.59. The lowest BCUT2D eigenvalue weighted by molar-refractivity contribution is 0.0949. The summed E-state index contributed by atoms with van der Waals surface area (Å²) in [5.74, 6) is 0.283. The number of amides is 1. The number of benzene rings is 2. The highest BCUT2D eigenvalue weighted by Crippen LogP contribution is 2.37. The number of anilines is 1. The van der Waals surface area contributed by atoms with Crippen molar-refractivity contribution in [1.82, 2.24) is 10.2 Å². The summed E-state index contributed by atoms with van der Waals surface area (Å²) in [5, 5.41) is 3.08. The zero-order valence-corrected chi connectivity index (χ0v) is 20.1.